The summed E-state index contributed by atoms with van der Waals surface area (Å²) in [5.41, 5.74) is 5.36. The monoisotopic (exact) mass is 506 g/mol. The van der Waals surface area contributed by atoms with Crippen LogP contribution in [0.5, 0.6) is 0 Å². The van der Waals surface area contributed by atoms with Crippen LogP contribution in [-0.2, 0) is 38.4 Å². The number of amides is 3. The first kappa shape index (κ1) is 30.7. The molecular formula is C18H26N4O13. The second kappa shape index (κ2) is 14.8. The van der Waals surface area contributed by atoms with Crippen molar-refractivity contribution in [2.45, 2.75) is 62.7 Å². The Hall–Kier alpha value is -4.28. The van der Waals surface area contributed by atoms with Gasteiger partial charge in [-0.3, -0.25) is 33.6 Å². The summed E-state index contributed by atoms with van der Waals surface area (Å²) in [6.45, 7) is 0. The summed E-state index contributed by atoms with van der Waals surface area (Å²) in [6, 6.07) is -6.92. The summed E-state index contributed by atoms with van der Waals surface area (Å²) < 4.78 is 0. The third kappa shape index (κ3) is 13.1. The quantitative estimate of drug-likeness (QED) is 0.0926. The van der Waals surface area contributed by atoms with Crippen LogP contribution in [0.1, 0.15) is 38.5 Å². The summed E-state index contributed by atoms with van der Waals surface area (Å²) in [7, 11) is 0. The second-order valence-corrected chi connectivity index (χ2v) is 7.19. The number of rotatable bonds is 17. The van der Waals surface area contributed by atoms with E-state index in [1.165, 1.54) is 0 Å². The van der Waals surface area contributed by atoms with Gasteiger partial charge in [0.05, 0.1) is 18.9 Å². The molecular weight excluding hydrogens is 480 g/mol. The summed E-state index contributed by atoms with van der Waals surface area (Å²) in [4.78, 5) is 91.8. The van der Waals surface area contributed by atoms with Gasteiger partial charge in [0.25, 0.3) is 0 Å². The molecule has 0 radical (unpaired) electrons. The Kier molecular flexibility index (Phi) is 13.0. The van der Waals surface area contributed by atoms with E-state index in [2.05, 4.69) is 0 Å². The maximum atomic E-state index is 12.6. The molecule has 0 saturated heterocycles. The van der Waals surface area contributed by atoms with E-state index >= 15 is 0 Å². The molecule has 35 heavy (non-hydrogen) atoms. The number of carbonyl (C=O) groups is 8. The predicted molar refractivity (Wildman–Crippen MR) is 110 cm³/mol. The van der Waals surface area contributed by atoms with Gasteiger partial charge >= 0.3 is 29.8 Å². The number of carboxylic acid groups (broad SMARTS) is 5. The standard InChI is InChI=1S/C18H26N4O13/c19-7(5-13(27)28)15(31)22-10(6-14(29)30)17(33)20-8(1-3-11(23)24)16(32)21-9(18(34)35)2-4-12(25)26/h7-10H,1-6,19H2,(H,20,33)(H,21,32)(H,22,31)(H,23,24)(H,25,26)(H,27,28)(H,29,30)(H,34,35). The number of hydrogen-bond donors (Lipinski definition) is 9. The Labute approximate surface area is 196 Å². The summed E-state index contributed by atoms with van der Waals surface area (Å²) in [5, 5.41) is 50.3. The molecule has 0 aliphatic carbocycles. The molecule has 0 aromatic rings. The smallest absolute Gasteiger partial charge is 0.326 e. The zero-order chi connectivity index (χ0) is 27.3. The van der Waals surface area contributed by atoms with Gasteiger partial charge in [-0.2, -0.15) is 0 Å². The molecule has 0 spiro atoms. The maximum absolute atomic E-state index is 12.6. The SMILES string of the molecule is NC(CC(=O)O)C(=O)NC(CC(=O)O)C(=O)NC(CCC(=O)O)C(=O)NC(CCC(=O)O)C(=O)O. The van der Waals surface area contributed by atoms with Crippen molar-refractivity contribution in [2.24, 2.45) is 5.73 Å². The first-order valence-corrected chi connectivity index (χ1v) is 9.90. The van der Waals surface area contributed by atoms with Crippen LogP contribution >= 0.6 is 0 Å². The van der Waals surface area contributed by atoms with Crippen LogP contribution in [0.15, 0.2) is 0 Å². The Morgan fingerprint density at radius 3 is 1.37 bits per heavy atom. The molecule has 4 unspecified atom stereocenters. The molecule has 0 saturated carbocycles. The molecule has 17 heteroatoms. The largest absolute Gasteiger partial charge is 0.481 e. The van der Waals surface area contributed by atoms with Crippen molar-refractivity contribution >= 4 is 47.6 Å². The minimum absolute atomic E-state index is 0.533. The Morgan fingerprint density at radius 2 is 0.943 bits per heavy atom. The molecule has 0 aliphatic heterocycles. The van der Waals surface area contributed by atoms with E-state index in [0.29, 0.717) is 0 Å². The normalized spacial score (nSPS) is 13.9. The van der Waals surface area contributed by atoms with Gasteiger partial charge < -0.3 is 47.2 Å². The highest BCUT2D eigenvalue weighted by Gasteiger charge is 2.32. The van der Waals surface area contributed by atoms with Crippen LogP contribution in [0.2, 0.25) is 0 Å². The van der Waals surface area contributed by atoms with Gasteiger partial charge in [0.1, 0.15) is 18.1 Å². The maximum Gasteiger partial charge on any atom is 0.326 e. The Balaban J connectivity index is 5.62. The number of nitrogens with one attached hydrogen (secondary N) is 3. The molecule has 0 bridgehead atoms. The third-order valence-corrected chi connectivity index (χ3v) is 4.28. The van der Waals surface area contributed by atoms with Gasteiger partial charge in [-0.15, -0.1) is 0 Å². The van der Waals surface area contributed by atoms with E-state index < -0.39 is 110 Å². The lowest BCUT2D eigenvalue weighted by molar-refractivity contribution is -0.144. The van der Waals surface area contributed by atoms with Crippen molar-refractivity contribution in [3.63, 3.8) is 0 Å². The molecule has 17 nitrogen and oxygen atoms in total. The molecule has 10 N–H and O–H groups in total. The highest BCUT2D eigenvalue weighted by molar-refractivity contribution is 5.96. The number of hydrogen-bond acceptors (Lipinski definition) is 9. The van der Waals surface area contributed by atoms with E-state index in [-0.39, 0.29) is 0 Å². The summed E-state index contributed by atoms with van der Waals surface area (Å²) in [5.74, 6) is -11.1. The topological polar surface area (TPSA) is 300 Å². The zero-order valence-electron chi connectivity index (χ0n) is 18.1. The molecule has 0 aromatic carbocycles. The minimum Gasteiger partial charge on any atom is -0.481 e. The predicted octanol–water partition coefficient (Wildman–Crippen LogP) is -3.47. The van der Waals surface area contributed by atoms with E-state index in [9.17, 15) is 38.4 Å². The molecule has 4 atom stereocenters. The highest BCUT2D eigenvalue weighted by Crippen LogP contribution is 2.05. The number of nitrogens with two attached hydrogens (primary N) is 1. The van der Waals surface area contributed by atoms with Gasteiger partial charge in [0.15, 0.2) is 0 Å². The molecule has 3 amide bonds. The molecule has 0 heterocycles. The van der Waals surface area contributed by atoms with Gasteiger partial charge in [0, 0.05) is 12.8 Å². The first-order chi connectivity index (χ1) is 16.1. The van der Waals surface area contributed by atoms with Crippen LogP contribution < -0.4 is 21.7 Å². The molecule has 0 aromatic heterocycles. The van der Waals surface area contributed by atoms with Crippen molar-refractivity contribution in [3.8, 4) is 0 Å². The van der Waals surface area contributed by atoms with Crippen molar-refractivity contribution in [3.05, 3.63) is 0 Å². The summed E-state index contributed by atoms with van der Waals surface area (Å²) >= 11 is 0. The Bertz CT molecular complexity index is 859. The molecule has 0 fully saturated rings. The van der Waals surface area contributed by atoms with Crippen LogP contribution in [-0.4, -0.2) is 97.3 Å². The first-order valence-electron chi connectivity index (χ1n) is 9.90. The molecule has 0 rings (SSSR count). The average molecular weight is 506 g/mol. The van der Waals surface area contributed by atoms with Gasteiger partial charge in [-0.1, -0.05) is 0 Å². The van der Waals surface area contributed by atoms with E-state index in [0.717, 1.165) is 0 Å². The van der Waals surface area contributed by atoms with E-state index in [1.807, 2.05) is 16.0 Å². The van der Waals surface area contributed by atoms with Crippen LogP contribution in [0.3, 0.4) is 0 Å². The van der Waals surface area contributed by atoms with Crippen molar-refractivity contribution in [2.75, 3.05) is 0 Å². The van der Waals surface area contributed by atoms with Gasteiger partial charge in [-0.25, -0.2) is 4.79 Å². The third-order valence-electron chi connectivity index (χ3n) is 4.28. The van der Waals surface area contributed by atoms with Gasteiger partial charge in [0.2, 0.25) is 17.7 Å². The van der Waals surface area contributed by atoms with Gasteiger partial charge in [-0.05, 0) is 12.8 Å². The minimum atomic E-state index is -1.86. The zero-order valence-corrected chi connectivity index (χ0v) is 18.1. The van der Waals surface area contributed by atoms with Crippen LogP contribution in [0, 0.1) is 0 Å². The highest BCUT2D eigenvalue weighted by atomic mass is 16.4. The van der Waals surface area contributed by atoms with Crippen molar-refractivity contribution < 1.29 is 63.9 Å². The molecule has 0 aliphatic rings. The average Bonchev–Trinajstić information content (AvgIpc) is 2.71. The fraction of sp³-hybridized carbons (Fsp3) is 0.556. The fourth-order valence-corrected chi connectivity index (χ4v) is 2.55. The van der Waals surface area contributed by atoms with Crippen LogP contribution in [0.25, 0.3) is 0 Å². The fourth-order valence-electron chi connectivity index (χ4n) is 2.55. The lowest BCUT2D eigenvalue weighted by atomic mass is 10.1. The Morgan fingerprint density at radius 1 is 0.543 bits per heavy atom. The van der Waals surface area contributed by atoms with Crippen molar-refractivity contribution in [1.82, 2.24) is 16.0 Å². The number of carboxylic acids is 5. The summed E-state index contributed by atoms with van der Waals surface area (Å²) in [6.07, 6.45) is -4.30. The van der Waals surface area contributed by atoms with Crippen molar-refractivity contribution in [1.29, 1.82) is 0 Å². The number of aliphatic carboxylic acids is 5. The lowest BCUT2D eigenvalue weighted by Gasteiger charge is -2.24. The van der Waals surface area contributed by atoms with E-state index in [1.54, 1.807) is 0 Å². The second-order valence-electron chi connectivity index (χ2n) is 7.19. The lowest BCUT2D eigenvalue weighted by Crippen LogP contribution is -2.57. The van der Waals surface area contributed by atoms with Crippen LogP contribution in [0.4, 0.5) is 0 Å². The molecule has 196 valence electrons. The number of carbonyl (C=O) groups excluding carboxylic acids is 3. The van der Waals surface area contributed by atoms with E-state index in [4.69, 9.17) is 31.3 Å².